The van der Waals surface area contributed by atoms with Crippen LogP contribution in [0.1, 0.15) is 16.7 Å². The van der Waals surface area contributed by atoms with E-state index in [4.69, 9.17) is 0 Å². The number of nitro groups is 1. The second-order valence-electron chi connectivity index (χ2n) is 4.42. The number of aromatic nitrogens is 1. The molecule has 0 fully saturated rings. The van der Waals surface area contributed by atoms with Crippen molar-refractivity contribution in [3.63, 3.8) is 0 Å². The van der Waals surface area contributed by atoms with E-state index in [2.05, 4.69) is 10.3 Å². The van der Waals surface area contributed by atoms with E-state index < -0.39 is 0 Å². The minimum absolute atomic E-state index is 0.155. The van der Waals surface area contributed by atoms with Crippen LogP contribution in [0.2, 0.25) is 0 Å². The van der Waals surface area contributed by atoms with Gasteiger partial charge in [0.2, 0.25) is 0 Å². The van der Waals surface area contributed by atoms with Crippen molar-refractivity contribution in [2.24, 2.45) is 0 Å². The normalized spacial score (nSPS) is 10.2. The predicted molar refractivity (Wildman–Crippen MR) is 74.1 cm³/mol. The Morgan fingerprint density at radius 2 is 2.05 bits per heavy atom. The van der Waals surface area contributed by atoms with E-state index in [1.807, 2.05) is 19.1 Å². The molecule has 1 aromatic carbocycles. The van der Waals surface area contributed by atoms with Gasteiger partial charge in [-0.15, -0.1) is 0 Å². The molecule has 0 spiro atoms. The van der Waals surface area contributed by atoms with Gasteiger partial charge in [0.05, 0.1) is 16.8 Å². The Morgan fingerprint density at radius 3 is 2.74 bits per heavy atom. The van der Waals surface area contributed by atoms with Crippen molar-refractivity contribution in [3.05, 3.63) is 63.5 Å². The summed E-state index contributed by atoms with van der Waals surface area (Å²) in [6, 6.07) is 7.18. The Hall–Kier alpha value is -2.43. The first-order chi connectivity index (χ1) is 9.08. The average molecular weight is 257 g/mol. The van der Waals surface area contributed by atoms with Gasteiger partial charge in [-0.25, -0.2) is 0 Å². The van der Waals surface area contributed by atoms with Crippen LogP contribution in [-0.2, 0) is 6.54 Å². The van der Waals surface area contributed by atoms with Gasteiger partial charge in [-0.05, 0) is 31.0 Å². The zero-order valence-corrected chi connectivity index (χ0v) is 10.9. The summed E-state index contributed by atoms with van der Waals surface area (Å²) in [7, 11) is 0. The zero-order chi connectivity index (χ0) is 13.8. The second-order valence-corrected chi connectivity index (χ2v) is 4.42. The molecule has 0 aliphatic carbocycles. The molecule has 2 rings (SSSR count). The Kier molecular flexibility index (Phi) is 3.75. The summed E-state index contributed by atoms with van der Waals surface area (Å²) in [5.74, 6) is 0. The first kappa shape index (κ1) is 13.0. The summed E-state index contributed by atoms with van der Waals surface area (Å²) in [5, 5.41) is 14.1. The van der Waals surface area contributed by atoms with Gasteiger partial charge in [0, 0.05) is 24.4 Å². The molecule has 1 aromatic heterocycles. The number of rotatable bonds is 4. The number of anilines is 1. The molecule has 0 radical (unpaired) electrons. The van der Waals surface area contributed by atoms with Gasteiger partial charge in [-0.1, -0.05) is 12.1 Å². The number of hydrogen-bond acceptors (Lipinski definition) is 4. The fourth-order valence-electron chi connectivity index (χ4n) is 1.81. The molecule has 0 aliphatic rings. The van der Waals surface area contributed by atoms with Crippen molar-refractivity contribution in [2.45, 2.75) is 20.4 Å². The van der Waals surface area contributed by atoms with Crippen molar-refractivity contribution in [1.29, 1.82) is 0 Å². The van der Waals surface area contributed by atoms with Crippen molar-refractivity contribution >= 4 is 11.4 Å². The monoisotopic (exact) mass is 257 g/mol. The number of nitrogens with one attached hydrogen (secondary N) is 1. The third-order valence-electron chi connectivity index (χ3n) is 2.99. The summed E-state index contributed by atoms with van der Waals surface area (Å²) in [6.07, 6.45) is 3.48. The van der Waals surface area contributed by atoms with Crippen LogP contribution < -0.4 is 5.32 Å². The van der Waals surface area contributed by atoms with Crippen LogP contribution in [0.5, 0.6) is 0 Å². The van der Waals surface area contributed by atoms with Crippen LogP contribution in [-0.4, -0.2) is 9.91 Å². The molecule has 0 saturated carbocycles. The molecule has 1 heterocycles. The van der Waals surface area contributed by atoms with Gasteiger partial charge in [0.1, 0.15) is 0 Å². The van der Waals surface area contributed by atoms with Gasteiger partial charge in [-0.2, -0.15) is 0 Å². The van der Waals surface area contributed by atoms with Crippen LogP contribution in [0.4, 0.5) is 11.4 Å². The maximum atomic E-state index is 10.9. The summed E-state index contributed by atoms with van der Waals surface area (Å²) in [6.45, 7) is 4.26. The van der Waals surface area contributed by atoms with Crippen molar-refractivity contribution in [1.82, 2.24) is 4.98 Å². The third-order valence-corrected chi connectivity index (χ3v) is 2.99. The zero-order valence-electron chi connectivity index (χ0n) is 10.9. The topological polar surface area (TPSA) is 68.1 Å². The number of pyridine rings is 1. The van der Waals surface area contributed by atoms with Crippen LogP contribution >= 0.6 is 0 Å². The number of nitro benzene ring substituents is 1. The van der Waals surface area contributed by atoms with Crippen molar-refractivity contribution < 1.29 is 4.92 Å². The number of hydrogen-bond donors (Lipinski definition) is 1. The Balaban J connectivity index is 2.14. The molecule has 19 heavy (non-hydrogen) atoms. The van der Waals surface area contributed by atoms with Crippen molar-refractivity contribution in [2.75, 3.05) is 5.32 Å². The van der Waals surface area contributed by atoms with Crippen LogP contribution in [0.25, 0.3) is 0 Å². The van der Waals surface area contributed by atoms with Gasteiger partial charge < -0.3 is 5.32 Å². The molecule has 5 heteroatoms. The Morgan fingerprint density at radius 1 is 1.26 bits per heavy atom. The molecule has 0 unspecified atom stereocenters. The quantitative estimate of drug-likeness (QED) is 0.674. The minimum atomic E-state index is -0.353. The van der Waals surface area contributed by atoms with E-state index in [0.29, 0.717) is 12.1 Å². The SMILES string of the molecule is Cc1ccncc1NCc1ccc(C)c([N+](=O)[O-])c1. The highest BCUT2D eigenvalue weighted by molar-refractivity contribution is 5.49. The standard InChI is InChI=1S/C14H15N3O2/c1-10-5-6-15-9-13(10)16-8-12-4-3-11(2)14(7-12)17(18)19/h3-7,9,16H,8H2,1-2H3. The van der Waals surface area contributed by atoms with Gasteiger partial charge in [0.25, 0.3) is 5.69 Å². The molecule has 2 aromatic rings. The smallest absolute Gasteiger partial charge is 0.272 e. The lowest BCUT2D eigenvalue weighted by molar-refractivity contribution is -0.385. The number of aryl methyl sites for hydroxylation is 2. The van der Waals surface area contributed by atoms with Crippen LogP contribution in [0.3, 0.4) is 0 Å². The number of benzene rings is 1. The van der Waals surface area contributed by atoms with E-state index in [0.717, 1.165) is 16.8 Å². The van der Waals surface area contributed by atoms with E-state index in [1.54, 1.807) is 31.5 Å². The molecule has 0 amide bonds. The first-order valence-electron chi connectivity index (χ1n) is 5.96. The fraction of sp³-hybridized carbons (Fsp3) is 0.214. The Bertz CT molecular complexity index is 611. The molecule has 5 nitrogen and oxygen atoms in total. The van der Waals surface area contributed by atoms with E-state index in [9.17, 15) is 10.1 Å². The highest BCUT2D eigenvalue weighted by atomic mass is 16.6. The molecule has 98 valence electrons. The van der Waals surface area contributed by atoms with Gasteiger partial charge in [-0.3, -0.25) is 15.1 Å². The molecular weight excluding hydrogens is 242 g/mol. The summed E-state index contributed by atoms with van der Waals surface area (Å²) in [4.78, 5) is 14.6. The van der Waals surface area contributed by atoms with Gasteiger partial charge >= 0.3 is 0 Å². The number of nitrogens with zero attached hydrogens (tertiary/aromatic N) is 2. The first-order valence-corrected chi connectivity index (χ1v) is 5.96. The summed E-state index contributed by atoms with van der Waals surface area (Å²) >= 11 is 0. The Labute approximate surface area is 111 Å². The largest absolute Gasteiger partial charge is 0.380 e. The molecule has 1 N–H and O–H groups in total. The predicted octanol–water partition coefficient (Wildman–Crippen LogP) is 3.22. The summed E-state index contributed by atoms with van der Waals surface area (Å²) in [5.41, 5.74) is 3.73. The third kappa shape index (κ3) is 3.07. The van der Waals surface area contributed by atoms with E-state index in [-0.39, 0.29) is 10.6 Å². The maximum absolute atomic E-state index is 10.9. The molecular formula is C14H15N3O2. The molecule has 0 bridgehead atoms. The maximum Gasteiger partial charge on any atom is 0.272 e. The lowest BCUT2D eigenvalue weighted by Gasteiger charge is -2.09. The summed E-state index contributed by atoms with van der Waals surface area (Å²) < 4.78 is 0. The van der Waals surface area contributed by atoms with Crippen LogP contribution in [0, 0.1) is 24.0 Å². The lowest BCUT2D eigenvalue weighted by Crippen LogP contribution is -2.02. The molecule has 0 atom stereocenters. The highest BCUT2D eigenvalue weighted by Crippen LogP contribution is 2.20. The van der Waals surface area contributed by atoms with E-state index in [1.165, 1.54) is 0 Å². The molecule has 0 saturated heterocycles. The van der Waals surface area contributed by atoms with Gasteiger partial charge in [0.15, 0.2) is 0 Å². The minimum Gasteiger partial charge on any atom is -0.380 e. The second kappa shape index (κ2) is 5.48. The van der Waals surface area contributed by atoms with Crippen LogP contribution in [0.15, 0.2) is 36.7 Å². The average Bonchev–Trinajstić information content (AvgIpc) is 2.39. The lowest BCUT2D eigenvalue weighted by atomic mass is 10.1. The van der Waals surface area contributed by atoms with E-state index >= 15 is 0 Å². The molecule has 0 aliphatic heterocycles. The van der Waals surface area contributed by atoms with Crippen molar-refractivity contribution in [3.8, 4) is 0 Å². The fourth-order valence-corrected chi connectivity index (χ4v) is 1.81. The highest BCUT2D eigenvalue weighted by Gasteiger charge is 2.10.